The number of aromatic nitrogens is 1. The van der Waals surface area contributed by atoms with Crippen molar-refractivity contribution in [1.82, 2.24) is 4.98 Å². The first-order chi connectivity index (χ1) is 13.5. The van der Waals surface area contributed by atoms with Gasteiger partial charge in [-0.3, -0.25) is 9.78 Å². The first-order valence-electron chi connectivity index (χ1n) is 8.53. The van der Waals surface area contributed by atoms with E-state index in [1.807, 2.05) is 25.1 Å². The van der Waals surface area contributed by atoms with Crippen molar-refractivity contribution in [3.8, 4) is 11.5 Å². The van der Waals surface area contributed by atoms with Gasteiger partial charge in [-0.25, -0.2) is 0 Å². The number of nitrogens with one attached hydrogen (secondary N) is 2. The summed E-state index contributed by atoms with van der Waals surface area (Å²) in [5, 5.41) is 6.53. The average Bonchev–Trinajstić information content (AvgIpc) is 2.68. The smallest absolute Gasteiger partial charge is 0.274 e. The molecular weight excluding hydrogens is 378 g/mol. The number of hydrogen-bond donors (Lipinski definition) is 2. The molecule has 0 aliphatic carbocycles. The lowest BCUT2D eigenvalue weighted by atomic mass is 10.2. The maximum Gasteiger partial charge on any atom is 0.274 e. The zero-order chi connectivity index (χ0) is 20.1. The number of ether oxygens (including phenoxy) is 2. The summed E-state index contributed by atoms with van der Waals surface area (Å²) in [5.41, 5.74) is 3.32. The van der Waals surface area contributed by atoms with E-state index < -0.39 is 0 Å². The molecule has 2 N–H and O–H groups in total. The number of nitrogens with zero attached hydrogens (tertiary/aromatic N) is 1. The molecule has 0 aliphatic rings. The third-order valence-electron chi connectivity index (χ3n) is 4.04. The van der Waals surface area contributed by atoms with E-state index in [2.05, 4.69) is 15.6 Å². The van der Waals surface area contributed by atoms with Crippen LogP contribution in [0.15, 0.2) is 54.7 Å². The third-order valence-corrected chi connectivity index (χ3v) is 4.27. The minimum atomic E-state index is -0.375. The number of carbonyl (C=O) groups is 1. The molecule has 0 unspecified atom stereocenters. The van der Waals surface area contributed by atoms with Crippen molar-refractivity contribution in [1.29, 1.82) is 0 Å². The molecule has 0 saturated heterocycles. The van der Waals surface area contributed by atoms with Crippen LogP contribution in [0.3, 0.4) is 0 Å². The van der Waals surface area contributed by atoms with E-state index in [0.29, 0.717) is 27.9 Å². The molecule has 28 heavy (non-hydrogen) atoms. The Morgan fingerprint density at radius 1 is 0.964 bits per heavy atom. The molecule has 1 aromatic heterocycles. The molecule has 0 fully saturated rings. The quantitative estimate of drug-likeness (QED) is 0.608. The molecule has 1 heterocycles. The molecule has 0 radical (unpaired) electrons. The fourth-order valence-electron chi connectivity index (χ4n) is 2.67. The van der Waals surface area contributed by atoms with Gasteiger partial charge in [-0.1, -0.05) is 17.7 Å². The molecule has 3 rings (SSSR count). The van der Waals surface area contributed by atoms with Crippen LogP contribution < -0.4 is 20.1 Å². The monoisotopic (exact) mass is 397 g/mol. The number of carbonyl (C=O) groups excluding carboxylic acids is 1. The van der Waals surface area contributed by atoms with Crippen LogP contribution in [0.1, 0.15) is 16.1 Å². The normalized spacial score (nSPS) is 10.3. The highest BCUT2D eigenvalue weighted by molar-refractivity contribution is 6.31. The Kier molecular flexibility index (Phi) is 6.01. The minimum Gasteiger partial charge on any atom is -0.495 e. The fourth-order valence-corrected chi connectivity index (χ4v) is 2.84. The van der Waals surface area contributed by atoms with Crippen molar-refractivity contribution in [3.63, 3.8) is 0 Å². The van der Waals surface area contributed by atoms with Crippen LogP contribution in [0.2, 0.25) is 5.02 Å². The second kappa shape index (κ2) is 8.63. The summed E-state index contributed by atoms with van der Waals surface area (Å²) in [6.07, 6.45) is 1.56. The van der Waals surface area contributed by atoms with Crippen LogP contribution in [-0.4, -0.2) is 25.1 Å². The average molecular weight is 398 g/mol. The molecule has 1 amide bonds. The summed E-state index contributed by atoms with van der Waals surface area (Å²) in [6, 6.07) is 14.3. The molecule has 0 saturated carbocycles. The summed E-state index contributed by atoms with van der Waals surface area (Å²) in [4.78, 5) is 16.8. The molecule has 144 valence electrons. The number of methoxy groups -OCH3 is 2. The maximum absolute atomic E-state index is 12.7. The van der Waals surface area contributed by atoms with Gasteiger partial charge in [-0.2, -0.15) is 0 Å². The number of halogens is 1. The van der Waals surface area contributed by atoms with Gasteiger partial charge in [-0.15, -0.1) is 0 Å². The number of anilines is 3. The van der Waals surface area contributed by atoms with E-state index in [9.17, 15) is 4.79 Å². The van der Waals surface area contributed by atoms with Gasteiger partial charge < -0.3 is 20.1 Å². The number of hydrogen-bond acceptors (Lipinski definition) is 5. The lowest BCUT2D eigenvalue weighted by Gasteiger charge is -2.13. The van der Waals surface area contributed by atoms with Gasteiger partial charge in [0.1, 0.15) is 17.2 Å². The van der Waals surface area contributed by atoms with E-state index >= 15 is 0 Å². The summed E-state index contributed by atoms with van der Waals surface area (Å²) in [7, 11) is 3.14. The van der Waals surface area contributed by atoms with E-state index in [4.69, 9.17) is 21.1 Å². The Morgan fingerprint density at radius 3 is 2.43 bits per heavy atom. The van der Waals surface area contributed by atoms with Crippen molar-refractivity contribution >= 4 is 34.6 Å². The van der Waals surface area contributed by atoms with E-state index in [1.165, 1.54) is 7.11 Å². The van der Waals surface area contributed by atoms with Gasteiger partial charge in [0.15, 0.2) is 0 Å². The first-order valence-corrected chi connectivity index (χ1v) is 8.90. The lowest BCUT2D eigenvalue weighted by molar-refractivity contribution is 0.102. The Morgan fingerprint density at radius 2 is 1.68 bits per heavy atom. The van der Waals surface area contributed by atoms with Crippen LogP contribution in [0.25, 0.3) is 0 Å². The number of amides is 1. The van der Waals surface area contributed by atoms with Gasteiger partial charge in [0.2, 0.25) is 0 Å². The van der Waals surface area contributed by atoms with Crippen LogP contribution in [0, 0.1) is 6.92 Å². The van der Waals surface area contributed by atoms with Crippen LogP contribution >= 0.6 is 11.6 Å². The highest BCUT2D eigenvalue weighted by atomic mass is 35.5. The molecule has 0 aliphatic heterocycles. The Labute approximate surface area is 168 Å². The zero-order valence-corrected chi connectivity index (χ0v) is 16.5. The summed E-state index contributed by atoms with van der Waals surface area (Å²) >= 11 is 6.02. The number of pyridine rings is 1. The Balaban J connectivity index is 1.83. The van der Waals surface area contributed by atoms with Crippen molar-refractivity contribution < 1.29 is 14.3 Å². The van der Waals surface area contributed by atoms with Crippen molar-refractivity contribution in [3.05, 3.63) is 71.0 Å². The highest BCUT2D eigenvalue weighted by Crippen LogP contribution is 2.30. The van der Waals surface area contributed by atoms with Gasteiger partial charge in [0.25, 0.3) is 5.91 Å². The fraction of sp³-hybridized carbons (Fsp3) is 0.143. The van der Waals surface area contributed by atoms with Gasteiger partial charge in [0.05, 0.1) is 25.6 Å². The molecular formula is C21H20ClN3O3. The summed E-state index contributed by atoms with van der Waals surface area (Å²) in [6.45, 7) is 1.99. The van der Waals surface area contributed by atoms with Crippen molar-refractivity contribution in [2.24, 2.45) is 0 Å². The van der Waals surface area contributed by atoms with Crippen LogP contribution in [0.5, 0.6) is 11.5 Å². The second-order valence-electron chi connectivity index (χ2n) is 6.06. The van der Waals surface area contributed by atoms with Gasteiger partial charge in [-0.05, 0) is 55.0 Å². The molecule has 2 aromatic carbocycles. The Hall–Kier alpha value is -3.25. The molecule has 6 nitrogen and oxygen atoms in total. The van der Waals surface area contributed by atoms with Crippen molar-refractivity contribution in [2.75, 3.05) is 24.9 Å². The van der Waals surface area contributed by atoms with E-state index in [1.54, 1.807) is 43.6 Å². The minimum absolute atomic E-state index is 0.249. The van der Waals surface area contributed by atoms with Gasteiger partial charge >= 0.3 is 0 Å². The lowest BCUT2D eigenvalue weighted by Crippen LogP contribution is -2.14. The topological polar surface area (TPSA) is 72.5 Å². The summed E-state index contributed by atoms with van der Waals surface area (Å²) in [5.74, 6) is 0.842. The van der Waals surface area contributed by atoms with Gasteiger partial charge in [0, 0.05) is 16.9 Å². The molecule has 3 aromatic rings. The summed E-state index contributed by atoms with van der Waals surface area (Å²) < 4.78 is 10.6. The first kappa shape index (κ1) is 19.5. The molecule has 0 atom stereocenters. The van der Waals surface area contributed by atoms with Crippen LogP contribution in [-0.2, 0) is 0 Å². The molecule has 0 spiro atoms. The molecule has 7 heteroatoms. The predicted octanol–water partition coefficient (Wildman–Crippen LogP) is 5.06. The predicted molar refractivity (Wildman–Crippen MR) is 111 cm³/mol. The second-order valence-corrected chi connectivity index (χ2v) is 6.49. The van der Waals surface area contributed by atoms with Crippen LogP contribution in [0.4, 0.5) is 17.1 Å². The largest absolute Gasteiger partial charge is 0.495 e. The van der Waals surface area contributed by atoms with E-state index in [0.717, 1.165) is 11.3 Å². The number of rotatable bonds is 6. The zero-order valence-electron chi connectivity index (χ0n) is 15.7. The number of aryl methyl sites for hydroxylation is 1. The Bertz CT molecular complexity index is 1010. The third kappa shape index (κ3) is 4.53. The standard InChI is InChI=1S/C21H20ClN3O3/c1-13-4-6-19(27-2)16(10-13)24-15-8-9-23-18(12-15)21(26)25-17-11-14(22)5-7-20(17)28-3/h4-12H,1-3H3,(H,23,24)(H,25,26). The highest BCUT2D eigenvalue weighted by Gasteiger charge is 2.13. The molecule has 0 bridgehead atoms. The number of benzene rings is 2. The van der Waals surface area contributed by atoms with E-state index in [-0.39, 0.29) is 11.6 Å². The maximum atomic E-state index is 12.7. The van der Waals surface area contributed by atoms with Crippen molar-refractivity contribution in [2.45, 2.75) is 6.92 Å². The SMILES string of the molecule is COc1ccc(Cl)cc1NC(=O)c1cc(Nc2cc(C)ccc2OC)ccn1.